The highest BCUT2D eigenvalue weighted by Crippen LogP contribution is 2.33. The van der Waals surface area contributed by atoms with Crippen molar-refractivity contribution < 1.29 is 19.0 Å². The van der Waals surface area contributed by atoms with Gasteiger partial charge in [-0.3, -0.25) is 0 Å². The van der Waals surface area contributed by atoms with Crippen LogP contribution < -0.4 is 9.47 Å². The Bertz CT molecular complexity index is 862. The Balaban J connectivity index is 1.83. The third-order valence-corrected chi connectivity index (χ3v) is 3.85. The molecule has 0 aliphatic rings. The molecule has 1 N–H and O–H groups in total. The van der Waals surface area contributed by atoms with Gasteiger partial charge in [-0.05, 0) is 42.7 Å². The van der Waals surface area contributed by atoms with Gasteiger partial charge in [-0.25, -0.2) is 0 Å². The maximum absolute atomic E-state index is 10.7. The van der Waals surface area contributed by atoms with E-state index in [1.165, 1.54) is 0 Å². The Morgan fingerprint density at radius 2 is 1.78 bits per heavy atom. The molecule has 27 heavy (non-hydrogen) atoms. The van der Waals surface area contributed by atoms with E-state index in [-0.39, 0.29) is 5.89 Å². The van der Waals surface area contributed by atoms with Crippen molar-refractivity contribution in [1.29, 1.82) is 0 Å². The average molecular weight is 368 g/mol. The smallest absolute Gasteiger partial charge is 0.249 e. The van der Waals surface area contributed by atoms with E-state index in [1.54, 1.807) is 18.2 Å². The van der Waals surface area contributed by atoms with Crippen LogP contribution in [0.25, 0.3) is 11.5 Å². The minimum absolute atomic E-state index is 0.132. The van der Waals surface area contributed by atoms with Crippen molar-refractivity contribution in [3.63, 3.8) is 0 Å². The van der Waals surface area contributed by atoms with Crippen molar-refractivity contribution >= 4 is 0 Å². The van der Waals surface area contributed by atoms with E-state index in [9.17, 15) is 5.11 Å². The van der Waals surface area contributed by atoms with Crippen LogP contribution in [-0.4, -0.2) is 28.5 Å². The highest BCUT2D eigenvalue weighted by atomic mass is 16.5. The fourth-order valence-corrected chi connectivity index (χ4v) is 2.52. The molecule has 1 atom stereocenters. The van der Waals surface area contributed by atoms with E-state index in [1.807, 2.05) is 37.3 Å². The number of aliphatic hydroxyl groups is 1. The summed E-state index contributed by atoms with van der Waals surface area (Å²) in [6.45, 7) is 7.15. The summed E-state index contributed by atoms with van der Waals surface area (Å²) in [5.41, 5.74) is 1.40. The first-order valence-electron chi connectivity index (χ1n) is 9.05. The molecule has 1 aromatic heterocycles. The van der Waals surface area contributed by atoms with Crippen LogP contribution in [-0.2, 0) is 0 Å². The molecule has 0 fully saturated rings. The molecule has 0 bridgehead atoms. The zero-order chi connectivity index (χ0) is 19.2. The zero-order valence-corrected chi connectivity index (χ0v) is 15.8. The van der Waals surface area contributed by atoms with Crippen LogP contribution in [0.15, 0.2) is 52.9 Å². The van der Waals surface area contributed by atoms with Gasteiger partial charge < -0.3 is 19.0 Å². The summed E-state index contributed by atoms with van der Waals surface area (Å²) >= 11 is 0. The van der Waals surface area contributed by atoms with Gasteiger partial charge in [0.25, 0.3) is 0 Å². The number of hydrogen-bond acceptors (Lipinski definition) is 6. The lowest BCUT2D eigenvalue weighted by atomic mass is 10.1. The van der Waals surface area contributed by atoms with Crippen molar-refractivity contribution in [2.24, 2.45) is 5.92 Å². The van der Waals surface area contributed by atoms with E-state index in [0.717, 1.165) is 5.56 Å². The lowest BCUT2D eigenvalue weighted by Gasteiger charge is -2.15. The van der Waals surface area contributed by atoms with Crippen molar-refractivity contribution in [2.45, 2.75) is 26.9 Å². The third kappa shape index (κ3) is 4.65. The van der Waals surface area contributed by atoms with E-state index < -0.39 is 6.10 Å². The first kappa shape index (κ1) is 18.9. The standard InChI is InChI=1S/C21H24N2O4/c1-4-25-18-12-16(10-11-17(18)26-13-14(2)3)19(24)21-23-22-20(27-21)15-8-6-5-7-9-15/h5-12,14,19,24H,4,13H2,1-3H3/t19-/m1/s1. The highest BCUT2D eigenvalue weighted by molar-refractivity contribution is 5.52. The van der Waals surface area contributed by atoms with E-state index in [4.69, 9.17) is 13.9 Å². The second-order valence-corrected chi connectivity index (χ2v) is 6.56. The van der Waals surface area contributed by atoms with Crippen LogP contribution in [0.2, 0.25) is 0 Å². The molecular formula is C21H24N2O4. The second kappa shape index (κ2) is 8.68. The minimum Gasteiger partial charge on any atom is -0.490 e. The van der Waals surface area contributed by atoms with E-state index in [0.29, 0.717) is 42.1 Å². The summed E-state index contributed by atoms with van der Waals surface area (Å²) in [5.74, 6) is 2.13. The lowest BCUT2D eigenvalue weighted by molar-refractivity contribution is 0.182. The van der Waals surface area contributed by atoms with Crippen LogP contribution in [0.5, 0.6) is 11.5 Å². The van der Waals surface area contributed by atoms with Gasteiger partial charge in [-0.15, -0.1) is 10.2 Å². The lowest BCUT2D eigenvalue weighted by Crippen LogP contribution is -2.07. The Hall–Kier alpha value is -2.86. The molecule has 3 aromatic rings. The molecular weight excluding hydrogens is 344 g/mol. The predicted molar refractivity (Wildman–Crippen MR) is 102 cm³/mol. The number of hydrogen-bond donors (Lipinski definition) is 1. The number of rotatable bonds is 8. The van der Waals surface area contributed by atoms with Gasteiger partial charge >= 0.3 is 0 Å². The number of ether oxygens (including phenoxy) is 2. The van der Waals surface area contributed by atoms with Gasteiger partial charge in [-0.1, -0.05) is 38.1 Å². The molecule has 0 aliphatic heterocycles. The summed E-state index contributed by atoms with van der Waals surface area (Å²) in [6.07, 6.45) is -1.05. The summed E-state index contributed by atoms with van der Waals surface area (Å²) in [5, 5.41) is 18.7. The molecule has 2 aromatic carbocycles. The number of nitrogens with zero attached hydrogens (tertiary/aromatic N) is 2. The molecule has 0 unspecified atom stereocenters. The molecule has 6 nitrogen and oxygen atoms in total. The topological polar surface area (TPSA) is 77.6 Å². The normalized spacial score (nSPS) is 12.2. The van der Waals surface area contributed by atoms with Crippen LogP contribution in [0, 0.1) is 5.92 Å². The van der Waals surface area contributed by atoms with Crippen LogP contribution in [0.4, 0.5) is 0 Å². The molecule has 142 valence electrons. The van der Waals surface area contributed by atoms with E-state index in [2.05, 4.69) is 24.0 Å². The third-order valence-electron chi connectivity index (χ3n) is 3.85. The van der Waals surface area contributed by atoms with Gasteiger partial charge in [0, 0.05) is 5.56 Å². The fourth-order valence-electron chi connectivity index (χ4n) is 2.52. The average Bonchev–Trinajstić information content (AvgIpc) is 3.17. The molecule has 0 saturated heterocycles. The first-order valence-corrected chi connectivity index (χ1v) is 9.05. The largest absolute Gasteiger partial charge is 0.490 e. The Morgan fingerprint density at radius 1 is 1.00 bits per heavy atom. The van der Waals surface area contributed by atoms with Crippen LogP contribution in [0.1, 0.15) is 38.3 Å². The van der Waals surface area contributed by atoms with Crippen molar-refractivity contribution in [3.05, 3.63) is 60.0 Å². The number of benzene rings is 2. The molecule has 0 radical (unpaired) electrons. The summed E-state index contributed by atoms with van der Waals surface area (Å²) in [4.78, 5) is 0. The van der Waals surface area contributed by atoms with Crippen LogP contribution in [0.3, 0.4) is 0 Å². The highest BCUT2D eigenvalue weighted by Gasteiger charge is 2.20. The van der Waals surface area contributed by atoms with Gasteiger partial charge in [0.1, 0.15) is 0 Å². The molecule has 1 heterocycles. The second-order valence-electron chi connectivity index (χ2n) is 6.56. The quantitative estimate of drug-likeness (QED) is 0.640. The van der Waals surface area contributed by atoms with Gasteiger partial charge in [0.05, 0.1) is 13.2 Å². The molecule has 0 saturated carbocycles. The first-order chi connectivity index (χ1) is 13.1. The van der Waals surface area contributed by atoms with Gasteiger partial charge in [0.15, 0.2) is 17.6 Å². The monoisotopic (exact) mass is 368 g/mol. The zero-order valence-electron chi connectivity index (χ0n) is 15.8. The summed E-state index contributed by atoms with van der Waals surface area (Å²) < 4.78 is 17.1. The number of aliphatic hydroxyl groups excluding tert-OH is 1. The summed E-state index contributed by atoms with van der Waals surface area (Å²) in [7, 11) is 0. The van der Waals surface area contributed by atoms with Crippen molar-refractivity contribution in [1.82, 2.24) is 10.2 Å². The maximum atomic E-state index is 10.7. The Labute approximate surface area is 158 Å². The van der Waals surface area contributed by atoms with E-state index >= 15 is 0 Å². The number of aromatic nitrogens is 2. The molecule has 3 rings (SSSR count). The van der Waals surface area contributed by atoms with Crippen LogP contribution >= 0.6 is 0 Å². The Kier molecular flexibility index (Phi) is 6.08. The van der Waals surface area contributed by atoms with Crippen molar-refractivity contribution in [3.8, 4) is 23.0 Å². The molecule has 6 heteroatoms. The minimum atomic E-state index is -1.05. The fraction of sp³-hybridized carbons (Fsp3) is 0.333. The maximum Gasteiger partial charge on any atom is 0.249 e. The van der Waals surface area contributed by atoms with Gasteiger partial charge in [-0.2, -0.15) is 0 Å². The Morgan fingerprint density at radius 3 is 2.48 bits per heavy atom. The molecule has 0 aliphatic carbocycles. The van der Waals surface area contributed by atoms with Crippen molar-refractivity contribution in [2.75, 3.05) is 13.2 Å². The molecule has 0 spiro atoms. The molecule has 0 amide bonds. The predicted octanol–water partition coefficient (Wildman–Crippen LogP) is 4.25. The summed E-state index contributed by atoms with van der Waals surface area (Å²) in [6, 6.07) is 14.7. The SMILES string of the molecule is CCOc1cc([C@@H](O)c2nnc(-c3ccccc3)o2)ccc1OCC(C)C. The van der Waals surface area contributed by atoms with Gasteiger partial charge in [0.2, 0.25) is 11.8 Å².